The molecule has 32 heavy (non-hydrogen) atoms. The number of morpholine rings is 1. The van der Waals surface area contributed by atoms with E-state index in [-0.39, 0.29) is 6.04 Å². The molecule has 1 aromatic carbocycles. The monoisotopic (exact) mass is 478 g/mol. The topological polar surface area (TPSA) is 61.8 Å². The van der Waals surface area contributed by atoms with Gasteiger partial charge in [0, 0.05) is 35.3 Å². The van der Waals surface area contributed by atoms with Crippen LogP contribution in [-0.4, -0.2) is 52.3 Å². The molecule has 1 aliphatic heterocycles. The van der Waals surface area contributed by atoms with Crippen LogP contribution in [0.15, 0.2) is 35.5 Å². The predicted octanol–water partition coefficient (Wildman–Crippen LogP) is 5.22. The van der Waals surface area contributed by atoms with Gasteiger partial charge in [-0.15, -0.1) is 0 Å². The molecule has 0 radical (unpaired) electrons. The normalized spacial score (nSPS) is 27.5. The number of carbonyl (C=O) groups is 1. The maximum atomic E-state index is 11.6. The first-order valence-electron chi connectivity index (χ1n) is 11.6. The minimum absolute atomic E-state index is 0.163. The van der Waals surface area contributed by atoms with Crippen molar-refractivity contribution >= 4 is 34.8 Å². The summed E-state index contributed by atoms with van der Waals surface area (Å²) < 4.78 is 5.70. The van der Waals surface area contributed by atoms with E-state index < -0.39 is 12.1 Å². The van der Waals surface area contributed by atoms with Crippen molar-refractivity contribution in [1.29, 1.82) is 0 Å². The van der Waals surface area contributed by atoms with Crippen LogP contribution in [-0.2, 0) is 16.0 Å². The van der Waals surface area contributed by atoms with E-state index in [0.29, 0.717) is 25.1 Å². The number of hydrogen-bond acceptors (Lipinski definition) is 4. The minimum atomic E-state index is -0.882. The van der Waals surface area contributed by atoms with Crippen molar-refractivity contribution in [1.82, 2.24) is 10.2 Å². The van der Waals surface area contributed by atoms with Gasteiger partial charge in [-0.25, -0.2) is 4.79 Å². The first kappa shape index (κ1) is 25.2. The highest BCUT2D eigenvalue weighted by molar-refractivity contribution is 7.80. The van der Waals surface area contributed by atoms with E-state index in [0.717, 1.165) is 48.5 Å². The van der Waals surface area contributed by atoms with Gasteiger partial charge in [0.25, 0.3) is 0 Å². The predicted molar refractivity (Wildman–Crippen MR) is 133 cm³/mol. The summed E-state index contributed by atoms with van der Waals surface area (Å²) in [6.07, 6.45) is 5.17. The second kappa shape index (κ2) is 11.6. The Balaban J connectivity index is 1.64. The van der Waals surface area contributed by atoms with Crippen molar-refractivity contribution in [3.05, 3.63) is 46.1 Å². The van der Waals surface area contributed by atoms with Crippen LogP contribution in [0.4, 0.5) is 0 Å². The molecule has 0 bridgehead atoms. The SMILES string of the molecule is CC/C(C)=C(/C)NC(=S)C1CCC(N2CC(C(=O)O)OCC2Cc2ccc(Cl)cc2)CC1. The fourth-order valence-electron chi connectivity index (χ4n) is 4.71. The number of rotatable bonds is 7. The zero-order valence-electron chi connectivity index (χ0n) is 19.3. The molecule has 5 nitrogen and oxygen atoms in total. The molecule has 2 unspecified atom stereocenters. The minimum Gasteiger partial charge on any atom is -0.479 e. The fraction of sp³-hybridized carbons (Fsp3) is 0.600. The first-order chi connectivity index (χ1) is 15.3. The number of aliphatic carboxylic acids is 1. The number of nitrogens with zero attached hydrogens (tertiary/aromatic N) is 1. The maximum Gasteiger partial charge on any atom is 0.334 e. The van der Waals surface area contributed by atoms with Gasteiger partial charge < -0.3 is 15.2 Å². The van der Waals surface area contributed by atoms with Crippen LogP contribution in [0, 0.1) is 5.92 Å². The first-order valence-corrected chi connectivity index (χ1v) is 12.4. The summed E-state index contributed by atoms with van der Waals surface area (Å²) in [5.74, 6) is -0.501. The summed E-state index contributed by atoms with van der Waals surface area (Å²) in [5, 5.41) is 13.7. The smallest absolute Gasteiger partial charge is 0.334 e. The van der Waals surface area contributed by atoms with Crippen LogP contribution in [0.2, 0.25) is 5.02 Å². The fourth-order valence-corrected chi connectivity index (χ4v) is 5.22. The molecule has 2 atom stereocenters. The summed E-state index contributed by atoms with van der Waals surface area (Å²) in [6.45, 7) is 7.25. The Labute approximate surface area is 202 Å². The lowest BCUT2D eigenvalue weighted by atomic mass is 9.84. The largest absolute Gasteiger partial charge is 0.479 e. The summed E-state index contributed by atoms with van der Waals surface area (Å²) in [4.78, 5) is 14.9. The average Bonchev–Trinajstić information content (AvgIpc) is 2.80. The number of halogens is 1. The highest BCUT2D eigenvalue weighted by Crippen LogP contribution is 2.32. The zero-order chi connectivity index (χ0) is 23.3. The van der Waals surface area contributed by atoms with E-state index in [2.05, 4.69) is 31.0 Å². The Bertz CT molecular complexity index is 834. The molecule has 0 aromatic heterocycles. The number of carboxylic acid groups (broad SMARTS) is 1. The van der Waals surface area contributed by atoms with E-state index in [1.165, 1.54) is 16.8 Å². The van der Waals surface area contributed by atoms with E-state index in [9.17, 15) is 9.90 Å². The Kier molecular flexibility index (Phi) is 9.12. The van der Waals surface area contributed by atoms with E-state index in [1.807, 2.05) is 24.3 Å². The van der Waals surface area contributed by atoms with Gasteiger partial charge in [0.2, 0.25) is 0 Å². The molecule has 2 fully saturated rings. The number of hydrogen-bond donors (Lipinski definition) is 2. The van der Waals surface area contributed by atoms with Crippen molar-refractivity contribution in [2.75, 3.05) is 13.2 Å². The Morgan fingerprint density at radius 1 is 1.22 bits per heavy atom. The molecule has 2 N–H and O–H groups in total. The van der Waals surface area contributed by atoms with Crippen molar-refractivity contribution in [3.8, 4) is 0 Å². The molecule has 1 heterocycles. The third kappa shape index (κ3) is 6.53. The van der Waals surface area contributed by atoms with Crippen LogP contribution in [0.1, 0.15) is 58.4 Å². The van der Waals surface area contributed by atoms with E-state index >= 15 is 0 Å². The molecule has 2 aliphatic rings. The van der Waals surface area contributed by atoms with Gasteiger partial charge in [-0.1, -0.05) is 48.4 Å². The number of carboxylic acids is 1. The summed E-state index contributed by atoms with van der Waals surface area (Å²) in [5.41, 5.74) is 3.69. The molecule has 0 spiro atoms. The standard InChI is InChI=1S/C25H35ClN2O3S/c1-4-16(2)17(3)27-24(32)19-7-11-21(12-8-19)28-14-23(25(29)30)31-15-22(28)13-18-5-9-20(26)10-6-18/h5-6,9-10,19,21-23H,4,7-8,11-15H2,1-3H3,(H,27,32)(H,29,30)/b17-16-. The third-order valence-electron chi connectivity index (χ3n) is 7.01. The van der Waals surface area contributed by atoms with Crippen LogP contribution in [0.3, 0.4) is 0 Å². The molecule has 3 rings (SSSR count). The number of benzene rings is 1. The quantitative estimate of drug-likeness (QED) is 0.524. The maximum absolute atomic E-state index is 11.6. The number of nitrogens with one attached hydrogen (secondary N) is 1. The third-order valence-corrected chi connectivity index (χ3v) is 7.70. The average molecular weight is 479 g/mol. The molecular formula is C25H35ClN2O3S. The Morgan fingerprint density at radius 3 is 2.47 bits per heavy atom. The molecule has 7 heteroatoms. The molecule has 1 aliphatic carbocycles. The summed E-state index contributed by atoms with van der Waals surface area (Å²) in [6, 6.07) is 8.40. The van der Waals surface area contributed by atoms with Crippen molar-refractivity contribution in [3.63, 3.8) is 0 Å². The molecule has 1 saturated carbocycles. The van der Waals surface area contributed by atoms with E-state index in [4.69, 9.17) is 28.6 Å². The second-order valence-corrected chi connectivity index (χ2v) is 9.97. The van der Waals surface area contributed by atoms with Crippen molar-refractivity contribution in [2.45, 2.75) is 77.5 Å². The molecular weight excluding hydrogens is 444 g/mol. The van der Waals surface area contributed by atoms with Gasteiger partial charge in [0.15, 0.2) is 6.10 Å². The van der Waals surface area contributed by atoms with Gasteiger partial charge in [-0.3, -0.25) is 4.90 Å². The van der Waals surface area contributed by atoms with Gasteiger partial charge >= 0.3 is 5.97 Å². The Hall–Kier alpha value is -1.47. The Morgan fingerprint density at radius 2 is 1.88 bits per heavy atom. The van der Waals surface area contributed by atoms with Gasteiger partial charge in [0.1, 0.15) is 0 Å². The molecule has 176 valence electrons. The molecule has 1 aromatic rings. The van der Waals surface area contributed by atoms with Crippen molar-refractivity contribution < 1.29 is 14.6 Å². The molecule has 1 saturated heterocycles. The highest BCUT2D eigenvalue weighted by Gasteiger charge is 2.38. The number of ether oxygens (including phenoxy) is 1. The van der Waals surface area contributed by atoms with Gasteiger partial charge in [0.05, 0.1) is 11.6 Å². The lowest BCUT2D eigenvalue weighted by molar-refractivity contribution is -0.162. The lowest BCUT2D eigenvalue weighted by Gasteiger charge is -2.45. The zero-order valence-corrected chi connectivity index (χ0v) is 20.8. The van der Waals surface area contributed by atoms with E-state index in [1.54, 1.807) is 0 Å². The molecule has 0 amide bonds. The van der Waals surface area contributed by atoms with Crippen LogP contribution >= 0.6 is 23.8 Å². The summed E-state index contributed by atoms with van der Waals surface area (Å²) >= 11 is 11.8. The highest BCUT2D eigenvalue weighted by atomic mass is 35.5. The van der Waals surface area contributed by atoms with Crippen molar-refractivity contribution in [2.24, 2.45) is 5.92 Å². The second-order valence-electron chi connectivity index (χ2n) is 9.10. The van der Waals surface area contributed by atoms with Gasteiger partial charge in [-0.2, -0.15) is 0 Å². The number of allylic oxidation sites excluding steroid dienone is 2. The summed E-state index contributed by atoms with van der Waals surface area (Å²) in [7, 11) is 0. The lowest BCUT2D eigenvalue weighted by Crippen LogP contribution is -2.57. The van der Waals surface area contributed by atoms with Crippen LogP contribution < -0.4 is 5.32 Å². The number of thiocarbonyl (C=S) groups is 1. The van der Waals surface area contributed by atoms with Crippen LogP contribution in [0.5, 0.6) is 0 Å². The van der Waals surface area contributed by atoms with Crippen LogP contribution in [0.25, 0.3) is 0 Å². The van der Waals surface area contributed by atoms with Gasteiger partial charge in [-0.05, 0) is 70.1 Å².